The fourth-order valence-electron chi connectivity index (χ4n) is 5.31. The van der Waals surface area contributed by atoms with Gasteiger partial charge in [-0.2, -0.15) is 4.72 Å². The van der Waals surface area contributed by atoms with Crippen molar-refractivity contribution in [1.29, 1.82) is 0 Å². The summed E-state index contributed by atoms with van der Waals surface area (Å²) in [6.45, 7) is 3.64. The smallest absolute Gasteiger partial charge is 0.253 e. The summed E-state index contributed by atoms with van der Waals surface area (Å²) < 4.78 is 42.0. The van der Waals surface area contributed by atoms with Crippen LogP contribution in [0.3, 0.4) is 0 Å². The first-order valence-corrected chi connectivity index (χ1v) is 16.5. The summed E-state index contributed by atoms with van der Waals surface area (Å²) >= 11 is 7.41. The zero-order valence-corrected chi connectivity index (χ0v) is 25.2. The van der Waals surface area contributed by atoms with Crippen LogP contribution in [0.4, 0.5) is 5.69 Å². The molecule has 0 saturated carbocycles. The van der Waals surface area contributed by atoms with Gasteiger partial charge in [0.25, 0.3) is 5.91 Å². The Hall–Kier alpha value is -2.77. The van der Waals surface area contributed by atoms with Gasteiger partial charge in [0.2, 0.25) is 15.9 Å². The van der Waals surface area contributed by atoms with Crippen LogP contribution in [0.2, 0.25) is 4.34 Å². The lowest BCUT2D eigenvalue weighted by Crippen LogP contribution is -2.50. The van der Waals surface area contributed by atoms with E-state index in [9.17, 15) is 18.0 Å². The van der Waals surface area contributed by atoms with E-state index in [0.717, 1.165) is 30.6 Å². The van der Waals surface area contributed by atoms with Crippen LogP contribution in [0.25, 0.3) is 10.6 Å². The van der Waals surface area contributed by atoms with E-state index in [-0.39, 0.29) is 29.7 Å². The number of nitrogens with zero attached hydrogens (tertiary/aromatic N) is 3. The van der Waals surface area contributed by atoms with E-state index in [1.807, 2.05) is 13.0 Å². The average molecular weight is 621 g/mol. The Bertz CT molecular complexity index is 1500. The second-order valence-corrected chi connectivity index (χ2v) is 13.5. The van der Waals surface area contributed by atoms with Gasteiger partial charge in [-0.05, 0) is 49.1 Å². The van der Waals surface area contributed by atoms with Crippen molar-refractivity contribution >= 4 is 50.5 Å². The molecule has 1 aromatic carbocycles. The molecule has 0 unspecified atom stereocenters. The number of benzene rings is 1. The number of anilines is 1. The number of ether oxygens (including phenoxy) is 1. The Morgan fingerprint density at radius 2 is 1.93 bits per heavy atom. The van der Waals surface area contributed by atoms with Gasteiger partial charge in [0, 0.05) is 37.8 Å². The summed E-state index contributed by atoms with van der Waals surface area (Å²) in [6.07, 6.45) is 4.19. The molecule has 2 aliphatic rings. The second kappa shape index (κ2) is 13.0. The number of aromatic nitrogens is 1. The van der Waals surface area contributed by atoms with Gasteiger partial charge >= 0.3 is 0 Å². The van der Waals surface area contributed by atoms with E-state index in [1.54, 1.807) is 34.1 Å². The zero-order valence-electron chi connectivity index (χ0n) is 22.8. The minimum Gasteiger partial charge on any atom is -0.370 e. The standard InChI is InChI=1S/C28H33ClN4O6S2/c1-2-20-22(33-14-15-38-18-27(33)34)8-7-9-25(20)41(36,37)31-21(28(35)32-12-5-3-4-6-13-32)16-19-17-23(39-30-19)24-10-11-26(29)40-24/h7-11,17,21,31H,2-6,12-16,18H2,1H3/t21-/m0/s1. The highest BCUT2D eigenvalue weighted by molar-refractivity contribution is 7.89. The minimum atomic E-state index is -4.18. The Morgan fingerprint density at radius 1 is 1.15 bits per heavy atom. The van der Waals surface area contributed by atoms with Crippen LogP contribution in [0.1, 0.15) is 43.9 Å². The summed E-state index contributed by atoms with van der Waals surface area (Å²) in [5.41, 5.74) is 1.49. The van der Waals surface area contributed by atoms with Gasteiger partial charge in [0.05, 0.1) is 26.4 Å². The molecule has 13 heteroatoms. The van der Waals surface area contributed by atoms with Gasteiger partial charge in [-0.3, -0.25) is 9.59 Å². The maximum Gasteiger partial charge on any atom is 0.253 e. The van der Waals surface area contributed by atoms with Crippen LogP contribution >= 0.6 is 22.9 Å². The number of sulfonamides is 1. The van der Waals surface area contributed by atoms with Gasteiger partial charge in [-0.15, -0.1) is 11.3 Å². The normalized spacial score (nSPS) is 17.5. The monoisotopic (exact) mass is 620 g/mol. The molecule has 0 spiro atoms. The molecule has 2 aliphatic heterocycles. The molecular formula is C28H33ClN4O6S2. The van der Waals surface area contributed by atoms with E-state index < -0.39 is 16.1 Å². The number of nitrogens with one attached hydrogen (secondary N) is 1. The lowest BCUT2D eigenvalue weighted by atomic mass is 10.1. The molecule has 1 N–H and O–H groups in total. The summed E-state index contributed by atoms with van der Waals surface area (Å²) in [7, 11) is -4.18. The number of carbonyl (C=O) groups is 2. The van der Waals surface area contributed by atoms with E-state index in [4.69, 9.17) is 20.9 Å². The summed E-state index contributed by atoms with van der Waals surface area (Å²) in [5.74, 6) is -0.0230. The van der Waals surface area contributed by atoms with Crippen LogP contribution in [0.5, 0.6) is 0 Å². The first-order chi connectivity index (χ1) is 19.8. The predicted octanol–water partition coefficient (Wildman–Crippen LogP) is 4.27. The van der Waals surface area contributed by atoms with Crippen molar-refractivity contribution in [1.82, 2.24) is 14.8 Å². The van der Waals surface area contributed by atoms with E-state index in [2.05, 4.69) is 9.88 Å². The maximum atomic E-state index is 13.9. The molecule has 0 bridgehead atoms. The van der Waals surface area contributed by atoms with E-state index in [1.165, 1.54) is 17.4 Å². The third-order valence-corrected chi connectivity index (χ3v) is 10.1. The summed E-state index contributed by atoms with van der Waals surface area (Å²) in [6, 6.07) is 9.06. The number of morpholine rings is 1. The molecule has 10 nitrogen and oxygen atoms in total. The molecule has 0 aliphatic carbocycles. The lowest BCUT2D eigenvalue weighted by Gasteiger charge is -2.30. The third-order valence-electron chi connectivity index (χ3n) is 7.33. The fourth-order valence-corrected chi connectivity index (χ4v) is 7.82. The fraction of sp³-hybridized carbons (Fsp3) is 0.464. The van der Waals surface area contributed by atoms with Crippen LogP contribution in [0, 0.1) is 0 Å². The molecule has 41 heavy (non-hydrogen) atoms. The number of likely N-dealkylation sites (tertiary alicyclic amines) is 1. The van der Waals surface area contributed by atoms with E-state index in [0.29, 0.717) is 59.7 Å². The van der Waals surface area contributed by atoms with Crippen LogP contribution < -0.4 is 9.62 Å². The third kappa shape index (κ3) is 6.83. The number of halogens is 1. The lowest BCUT2D eigenvalue weighted by molar-refractivity contribution is -0.133. The number of hydrogen-bond donors (Lipinski definition) is 1. The minimum absolute atomic E-state index is 0.0142. The molecule has 3 aromatic rings. The number of amides is 2. The highest BCUT2D eigenvalue weighted by Gasteiger charge is 2.33. The Labute approximate surface area is 248 Å². The number of hydrogen-bond acceptors (Lipinski definition) is 8. The van der Waals surface area contributed by atoms with Crippen molar-refractivity contribution in [3.8, 4) is 10.6 Å². The quantitative estimate of drug-likeness (QED) is 0.379. The average Bonchev–Trinajstić information content (AvgIpc) is 3.52. The second-order valence-electron chi connectivity index (χ2n) is 10.1. The van der Waals surface area contributed by atoms with Crippen LogP contribution in [-0.4, -0.2) is 69.2 Å². The summed E-state index contributed by atoms with van der Waals surface area (Å²) in [5, 5.41) is 4.13. The van der Waals surface area contributed by atoms with Crippen molar-refractivity contribution in [3.63, 3.8) is 0 Å². The van der Waals surface area contributed by atoms with Crippen molar-refractivity contribution < 1.29 is 27.3 Å². The first-order valence-electron chi connectivity index (χ1n) is 13.8. The molecule has 1 atom stereocenters. The van der Waals surface area contributed by atoms with Gasteiger partial charge in [0.1, 0.15) is 12.6 Å². The summed E-state index contributed by atoms with van der Waals surface area (Å²) in [4.78, 5) is 30.5. The van der Waals surface area contributed by atoms with Crippen molar-refractivity contribution in [3.05, 3.63) is 52.0 Å². The van der Waals surface area contributed by atoms with Gasteiger partial charge < -0.3 is 19.1 Å². The highest BCUT2D eigenvalue weighted by atomic mass is 35.5. The maximum absolute atomic E-state index is 13.9. The van der Waals surface area contributed by atoms with Gasteiger partial charge in [-0.1, -0.05) is 42.6 Å². The topological polar surface area (TPSA) is 122 Å². The number of rotatable bonds is 9. The van der Waals surface area contributed by atoms with E-state index >= 15 is 0 Å². The predicted molar refractivity (Wildman–Crippen MR) is 157 cm³/mol. The van der Waals surface area contributed by atoms with Crippen molar-refractivity contribution in [2.24, 2.45) is 0 Å². The molecule has 2 amide bonds. The number of thiophene rings is 1. The van der Waals surface area contributed by atoms with Gasteiger partial charge in [-0.25, -0.2) is 8.42 Å². The molecule has 0 radical (unpaired) electrons. The van der Waals surface area contributed by atoms with Crippen LogP contribution in [0.15, 0.2) is 45.8 Å². The molecule has 4 heterocycles. The first kappa shape index (κ1) is 29.7. The van der Waals surface area contributed by atoms with Crippen LogP contribution in [-0.2, 0) is 37.2 Å². The molecule has 220 valence electrons. The van der Waals surface area contributed by atoms with Crippen molar-refractivity contribution in [2.75, 3.05) is 37.7 Å². The molecule has 2 saturated heterocycles. The Morgan fingerprint density at radius 3 is 2.61 bits per heavy atom. The van der Waals surface area contributed by atoms with Crippen molar-refractivity contribution in [2.45, 2.75) is 56.4 Å². The highest BCUT2D eigenvalue weighted by Crippen LogP contribution is 2.32. The Kier molecular flexibility index (Phi) is 9.45. The SMILES string of the molecule is CCc1c(N2CCOCC2=O)cccc1S(=O)(=O)N[C@@H](Cc1cc(-c2ccc(Cl)s2)on1)C(=O)N1CCCCCC1. The molecule has 5 rings (SSSR count). The largest absolute Gasteiger partial charge is 0.370 e. The molecular weight excluding hydrogens is 588 g/mol. The van der Waals surface area contributed by atoms with Gasteiger partial charge in [0.15, 0.2) is 5.76 Å². The Balaban J connectivity index is 1.46. The molecule has 2 aromatic heterocycles. The molecule has 2 fully saturated rings. The number of carbonyl (C=O) groups excluding carboxylic acids is 2. The zero-order chi connectivity index (χ0) is 29.0.